The highest BCUT2D eigenvalue weighted by molar-refractivity contribution is 5.93. The molecule has 1 aromatic carbocycles. The van der Waals surface area contributed by atoms with Crippen LogP contribution in [0.3, 0.4) is 0 Å². The molecule has 0 amide bonds. The van der Waals surface area contributed by atoms with Crippen molar-refractivity contribution in [2.75, 3.05) is 12.4 Å². The highest BCUT2D eigenvalue weighted by atomic mass is 15.0. The van der Waals surface area contributed by atoms with Crippen LogP contribution in [0.5, 0.6) is 0 Å². The van der Waals surface area contributed by atoms with Gasteiger partial charge < -0.3 is 10.7 Å². The van der Waals surface area contributed by atoms with Crippen LogP contribution < -0.4 is 5.32 Å². The molecule has 86 valence electrons. The number of nitrogens with zero attached hydrogens (tertiary/aromatic N) is 2. The number of aromatic nitrogens is 2. The predicted octanol–water partition coefficient (Wildman–Crippen LogP) is 2.49. The van der Waals surface area contributed by atoms with Gasteiger partial charge in [0.25, 0.3) is 0 Å². The Kier molecular flexibility index (Phi) is 3.14. The van der Waals surface area contributed by atoms with Crippen molar-refractivity contribution < 1.29 is 0 Å². The van der Waals surface area contributed by atoms with E-state index in [2.05, 4.69) is 15.3 Å². The van der Waals surface area contributed by atoms with Crippen molar-refractivity contribution in [2.24, 2.45) is 0 Å². The Morgan fingerprint density at radius 3 is 2.65 bits per heavy atom. The molecule has 0 aliphatic carbocycles. The molecule has 0 aliphatic rings. The second kappa shape index (κ2) is 4.74. The van der Waals surface area contributed by atoms with Crippen LogP contribution >= 0.6 is 0 Å². The molecule has 2 rings (SSSR count). The number of anilines is 1. The van der Waals surface area contributed by atoms with Crippen LogP contribution in [0, 0.1) is 12.3 Å². The average Bonchev–Trinajstić information content (AvgIpc) is 2.38. The zero-order chi connectivity index (χ0) is 12.3. The molecule has 0 atom stereocenters. The third kappa shape index (κ3) is 2.01. The Bertz CT molecular complexity index is 549. The molecule has 1 heterocycles. The molecule has 17 heavy (non-hydrogen) atoms. The maximum atomic E-state index is 7.50. The highest BCUT2D eigenvalue weighted by Gasteiger charge is 2.11. The molecule has 2 aromatic rings. The first-order chi connectivity index (χ1) is 8.27. The standard InChI is InChI=1S/C13H14N4/c1-9-5-3-4-6-10(9)12-11(7-14)13(15-2)17-8-16-12/h3-8,14H,1-2H3,(H,15,16,17). The van der Waals surface area contributed by atoms with E-state index in [0.29, 0.717) is 11.4 Å². The lowest BCUT2D eigenvalue weighted by atomic mass is 10.0. The van der Waals surface area contributed by atoms with Gasteiger partial charge in [-0.15, -0.1) is 0 Å². The summed E-state index contributed by atoms with van der Waals surface area (Å²) in [4.78, 5) is 8.40. The summed E-state index contributed by atoms with van der Waals surface area (Å²) in [7, 11) is 1.79. The molecule has 4 heteroatoms. The van der Waals surface area contributed by atoms with Crippen LogP contribution in [0.25, 0.3) is 11.3 Å². The molecule has 0 aliphatic heterocycles. The van der Waals surface area contributed by atoms with Crippen LogP contribution in [0.4, 0.5) is 5.82 Å². The monoisotopic (exact) mass is 226 g/mol. The second-order valence-corrected chi connectivity index (χ2v) is 3.69. The van der Waals surface area contributed by atoms with Gasteiger partial charge in [-0.1, -0.05) is 24.3 Å². The number of hydrogen-bond donors (Lipinski definition) is 2. The Morgan fingerprint density at radius 1 is 1.24 bits per heavy atom. The van der Waals surface area contributed by atoms with Crippen molar-refractivity contribution in [1.82, 2.24) is 9.97 Å². The molecular formula is C13H14N4. The summed E-state index contributed by atoms with van der Waals surface area (Å²) in [5.41, 5.74) is 3.67. The van der Waals surface area contributed by atoms with Crippen molar-refractivity contribution in [3.05, 3.63) is 41.7 Å². The van der Waals surface area contributed by atoms with Crippen LogP contribution in [0.1, 0.15) is 11.1 Å². The second-order valence-electron chi connectivity index (χ2n) is 3.69. The lowest BCUT2D eigenvalue weighted by Crippen LogP contribution is -2.02. The van der Waals surface area contributed by atoms with Gasteiger partial charge in [-0.25, -0.2) is 9.97 Å². The fourth-order valence-electron chi connectivity index (χ4n) is 1.78. The smallest absolute Gasteiger partial charge is 0.138 e. The molecule has 2 N–H and O–H groups in total. The lowest BCUT2D eigenvalue weighted by molar-refractivity contribution is 1.15. The molecule has 0 radical (unpaired) electrons. The minimum Gasteiger partial charge on any atom is -0.372 e. The zero-order valence-corrected chi connectivity index (χ0v) is 9.86. The van der Waals surface area contributed by atoms with Gasteiger partial charge in [0.1, 0.15) is 12.1 Å². The first-order valence-electron chi connectivity index (χ1n) is 5.37. The van der Waals surface area contributed by atoms with Gasteiger partial charge in [0.05, 0.1) is 11.3 Å². The van der Waals surface area contributed by atoms with Crippen LogP contribution in [0.15, 0.2) is 30.6 Å². The molecule has 0 saturated heterocycles. The van der Waals surface area contributed by atoms with E-state index in [1.165, 1.54) is 12.5 Å². The summed E-state index contributed by atoms with van der Waals surface area (Å²) in [6, 6.07) is 7.99. The molecule has 0 unspecified atom stereocenters. The van der Waals surface area contributed by atoms with Crippen molar-refractivity contribution in [3.63, 3.8) is 0 Å². The predicted molar refractivity (Wildman–Crippen MR) is 69.6 cm³/mol. The van der Waals surface area contributed by atoms with Gasteiger partial charge in [-0.3, -0.25) is 0 Å². The molecule has 0 spiro atoms. The summed E-state index contributed by atoms with van der Waals surface area (Å²) < 4.78 is 0. The molecule has 0 bridgehead atoms. The van der Waals surface area contributed by atoms with Crippen LogP contribution in [0.2, 0.25) is 0 Å². The minimum atomic E-state index is 0.674. The van der Waals surface area contributed by atoms with E-state index in [9.17, 15) is 0 Å². The maximum absolute atomic E-state index is 7.50. The number of benzene rings is 1. The van der Waals surface area contributed by atoms with Crippen molar-refractivity contribution in [1.29, 1.82) is 5.41 Å². The summed E-state index contributed by atoms with van der Waals surface area (Å²) >= 11 is 0. The Hall–Kier alpha value is -2.23. The molecule has 4 nitrogen and oxygen atoms in total. The van der Waals surface area contributed by atoms with E-state index in [0.717, 1.165) is 16.8 Å². The highest BCUT2D eigenvalue weighted by Crippen LogP contribution is 2.26. The summed E-state index contributed by atoms with van der Waals surface area (Å²) in [6.07, 6.45) is 2.80. The largest absolute Gasteiger partial charge is 0.372 e. The first kappa shape index (κ1) is 11.3. The van der Waals surface area contributed by atoms with Crippen molar-refractivity contribution >= 4 is 12.0 Å². The Morgan fingerprint density at radius 2 is 2.00 bits per heavy atom. The van der Waals surface area contributed by atoms with E-state index in [-0.39, 0.29) is 0 Å². The minimum absolute atomic E-state index is 0.674. The van der Waals surface area contributed by atoms with Gasteiger partial charge in [0, 0.05) is 18.8 Å². The van der Waals surface area contributed by atoms with Crippen molar-refractivity contribution in [3.8, 4) is 11.3 Å². The van der Waals surface area contributed by atoms with E-state index < -0.39 is 0 Å². The van der Waals surface area contributed by atoms with E-state index in [1.54, 1.807) is 7.05 Å². The molecule has 0 saturated carbocycles. The molecule has 0 fully saturated rings. The Balaban J connectivity index is 2.68. The summed E-state index contributed by atoms with van der Waals surface area (Å²) in [6.45, 7) is 2.03. The maximum Gasteiger partial charge on any atom is 0.138 e. The first-order valence-corrected chi connectivity index (χ1v) is 5.37. The lowest BCUT2D eigenvalue weighted by Gasteiger charge is -2.10. The van der Waals surface area contributed by atoms with E-state index in [4.69, 9.17) is 5.41 Å². The number of nitrogens with one attached hydrogen (secondary N) is 2. The third-order valence-corrected chi connectivity index (χ3v) is 2.67. The summed E-state index contributed by atoms with van der Waals surface area (Å²) in [5.74, 6) is 0.674. The van der Waals surface area contributed by atoms with Gasteiger partial charge in [-0.2, -0.15) is 0 Å². The van der Waals surface area contributed by atoms with Crippen LogP contribution in [-0.4, -0.2) is 23.2 Å². The number of aryl methyl sites for hydroxylation is 1. The van der Waals surface area contributed by atoms with E-state index >= 15 is 0 Å². The molecular weight excluding hydrogens is 212 g/mol. The van der Waals surface area contributed by atoms with E-state index in [1.807, 2.05) is 31.2 Å². The fraction of sp³-hybridized carbons (Fsp3) is 0.154. The van der Waals surface area contributed by atoms with Gasteiger partial charge in [-0.05, 0) is 12.5 Å². The average molecular weight is 226 g/mol. The third-order valence-electron chi connectivity index (χ3n) is 2.67. The Labute approximate surface area is 100 Å². The van der Waals surface area contributed by atoms with Crippen molar-refractivity contribution in [2.45, 2.75) is 6.92 Å². The number of rotatable bonds is 3. The van der Waals surface area contributed by atoms with Crippen LogP contribution in [-0.2, 0) is 0 Å². The quantitative estimate of drug-likeness (QED) is 0.790. The molecule has 1 aromatic heterocycles. The SMILES string of the molecule is CNc1ncnc(-c2ccccc2C)c1C=N. The van der Waals surface area contributed by atoms with Gasteiger partial charge in [0.15, 0.2) is 0 Å². The topological polar surface area (TPSA) is 61.7 Å². The number of hydrogen-bond acceptors (Lipinski definition) is 4. The summed E-state index contributed by atoms with van der Waals surface area (Å²) in [5, 5.41) is 10.5. The van der Waals surface area contributed by atoms with Gasteiger partial charge in [0.2, 0.25) is 0 Å². The van der Waals surface area contributed by atoms with Gasteiger partial charge >= 0.3 is 0 Å². The normalized spacial score (nSPS) is 10.0. The fourth-order valence-corrected chi connectivity index (χ4v) is 1.78. The zero-order valence-electron chi connectivity index (χ0n) is 9.86.